The fourth-order valence-corrected chi connectivity index (χ4v) is 2.34. The van der Waals surface area contributed by atoms with Crippen molar-refractivity contribution in [3.8, 4) is 0 Å². The van der Waals surface area contributed by atoms with Crippen LogP contribution in [0.5, 0.6) is 0 Å². The number of amides is 2. The maximum atomic E-state index is 13.1. The topological polar surface area (TPSA) is 103 Å². The van der Waals surface area contributed by atoms with Gasteiger partial charge in [0.15, 0.2) is 0 Å². The molecule has 0 bridgehead atoms. The van der Waals surface area contributed by atoms with Gasteiger partial charge in [0.25, 0.3) is 5.91 Å². The van der Waals surface area contributed by atoms with Gasteiger partial charge >= 0.3 is 5.97 Å². The fourth-order valence-electron chi connectivity index (χ4n) is 2.34. The first-order valence-electron chi connectivity index (χ1n) is 8.19. The van der Waals surface area contributed by atoms with Gasteiger partial charge in [0, 0.05) is 11.8 Å². The third-order valence-electron chi connectivity index (χ3n) is 3.78. The number of aromatic nitrogens is 1. The van der Waals surface area contributed by atoms with Gasteiger partial charge in [-0.05, 0) is 54.6 Å². The number of carbonyl (C=O) groups excluding carboxylic acids is 3. The van der Waals surface area contributed by atoms with Gasteiger partial charge in [-0.25, -0.2) is 14.2 Å². The molecule has 29 heavy (non-hydrogen) atoms. The van der Waals surface area contributed by atoms with Crippen LogP contribution in [0.25, 0.3) is 0 Å². The highest BCUT2D eigenvalue weighted by Gasteiger charge is 2.24. The van der Waals surface area contributed by atoms with Gasteiger partial charge in [-0.15, -0.1) is 5.06 Å². The van der Waals surface area contributed by atoms with Gasteiger partial charge in [-0.2, -0.15) is 4.39 Å². The van der Waals surface area contributed by atoms with Gasteiger partial charge < -0.3 is 10.6 Å². The highest BCUT2D eigenvalue weighted by molar-refractivity contribution is 6.07. The molecule has 0 aliphatic heterocycles. The molecule has 0 atom stereocenters. The van der Waals surface area contributed by atoms with Gasteiger partial charge in [0.05, 0.1) is 16.8 Å². The van der Waals surface area contributed by atoms with E-state index in [0.29, 0.717) is 5.06 Å². The number of nitrogens with two attached hydrogens (primary N) is 1. The first kappa shape index (κ1) is 19.6. The van der Waals surface area contributed by atoms with Crippen LogP contribution in [-0.2, 0) is 4.84 Å². The van der Waals surface area contributed by atoms with E-state index in [9.17, 15) is 23.2 Å². The molecule has 7 nitrogen and oxygen atoms in total. The minimum Gasteiger partial charge on any atom is -0.366 e. The number of hydroxylamine groups is 1. The first-order chi connectivity index (χ1) is 13.8. The highest BCUT2D eigenvalue weighted by Crippen LogP contribution is 2.21. The number of hydrogen-bond acceptors (Lipinski definition) is 5. The lowest BCUT2D eigenvalue weighted by Gasteiger charge is -2.21. The average Bonchev–Trinajstić information content (AvgIpc) is 2.72. The number of anilines is 1. The van der Waals surface area contributed by atoms with Crippen LogP contribution in [0.2, 0.25) is 0 Å². The molecular weight excluding hydrogens is 384 g/mol. The van der Waals surface area contributed by atoms with Crippen LogP contribution in [0.3, 0.4) is 0 Å². The van der Waals surface area contributed by atoms with Gasteiger partial charge in [0.2, 0.25) is 11.9 Å². The molecule has 9 heteroatoms. The summed E-state index contributed by atoms with van der Waals surface area (Å²) in [5.74, 6) is -3.92. The van der Waals surface area contributed by atoms with Gasteiger partial charge in [-0.3, -0.25) is 9.59 Å². The number of carbonyl (C=O) groups is 3. The fraction of sp³-hybridized carbons (Fsp3) is 0. The van der Waals surface area contributed by atoms with E-state index in [0.717, 1.165) is 30.5 Å². The zero-order valence-corrected chi connectivity index (χ0v) is 14.7. The Balaban J connectivity index is 1.98. The van der Waals surface area contributed by atoms with Crippen molar-refractivity contribution in [2.75, 3.05) is 5.06 Å². The van der Waals surface area contributed by atoms with Crippen molar-refractivity contribution in [2.45, 2.75) is 0 Å². The molecule has 3 aromatic rings. The standard InChI is InChI=1S/C20H13F2N3O4/c21-15-7-4-12(5-8-15)20(28)29-25(16-3-1-2-13(10-16)18(23)26)19(27)14-6-9-17(22)24-11-14/h1-11H,(H2,23,26). The highest BCUT2D eigenvalue weighted by atomic mass is 19.1. The molecule has 2 N–H and O–H groups in total. The van der Waals surface area contributed by atoms with Crippen molar-refractivity contribution in [1.82, 2.24) is 4.98 Å². The average molecular weight is 397 g/mol. The Morgan fingerprint density at radius 2 is 1.59 bits per heavy atom. The summed E-state index contributed by atoms with van der Waals surface area (Å²) in [6.45, 7) is 0. The van der Waals surface area contributed by atoms with E-state index < -0.39 is 29.5 Å². The largest absolute Gasteiger partial charge is 0.366 e. The molecule has 0 saturated carbocycles. The second-order valence-corrected chi connectivity index (χ2v) is 5.77. The second-order valence-electron chi connectivity index (χ2n) is 5.77. The molecule has 146 valence electrons. The Hall–Kier alpha value is -4.14. The molecule has 1 heterocycles. The maximum absolute atomic E-state index is 13.1. The van der Waals surface area contributed by atoms with Crippen LogP contribution in [0.15, 0.2) is 66.9 Å². The number of nitrogens with zero attached hydrogens (tertiary/aromatic N) is 2. The third-order valence-corrected chi connectivity index (χ3v) is 3.78. The monoisotopic (exact) mass is 397 g/mol. The number of benzene rings is 2. The number of pyridine rings is 1. The second kappa shape index (κ2) is 8.26. The SMILES string of the molecule is NC(=O)c1cccc(N(OC(=O)c2ccc(F)cc2)C(=O)c2ccc(F)nc2)c1. The summed E-state index contributed by atoms with van der Waals surface area (Å²) >= 11 is 0. The van der Waals surface area contributed by atoms with Gasteiger partial charge in [-0.1, -0.05) is 6.07 Å². The lowest BCUT2D eigenvalue weighted by atomic mass is 10.1. The van der Waals surface area contributed by atoms with Crippen LogP contribution in [0.1, 0.15) is 31.1 Å². The Morgan fingerprint density at radius 1 is 0.897 bits per heavy atom. The summed E-state index contributed by atoms with van der Waals surface area (Å²) in [7, 11) is 0. The molecule has 0 spiro atoms. The van der Waals surface area contributed by atoms with Crippen LogP contribution in [0, 0.1) is 11.8 Å². The predicted octanol–water partition coefficient (Wildman–Crippen LogP) is 2.88. The molecule has 0 saturated heterocycles. The van der Waals surface area contributed by atoms with E-state index in [4.69, 9.17) is 10.6 Å². The molecule has 1 aromatic heterocycles. The van der Waals surface area contributed by atoms with Crippen molar-refractivity contribution in [1.29, 1.82) is 0 Å². The lowest BCUT2D eigenvalue weighted by Crippen LogP contribution is -2.34. The van der Waals surface area contributed by atoms with E-state index >= 15 is 0 Å². The van der Waals surface area contributed by atoms with E-state index in [1.807, 2.05) is 0 Å². The predicted molar refractivity (Wildman–Crippen MR) is 97.8 cm³/mol. The molecule has 2 aromatic carbocycles. The van der Waals surface area contributed by atoms with E-state index in [1.54, 1.807) is 0 Å². The number of rotatable bonds is 4. The van der Waals surface area contributed by atoms with Crippen molar-refractivity contribution in [2.24, 2.45) is 5.73 Å². The Bertz CT molecular complexity index is 1070. The minimum atomic E-state index is -0.960. The van der Waals surface area contributed by atoms with Crippen LogP contribution in [-0.4, -0.2) is 22.8 Å². The Morgan fingerprint density at radius 3 is 2.21 bits per heavy atom. The Kier molecular flexibility index (Phi) is 5.59. The lowest BCUT2D eigenvalue weighted by molar-refractivity contribution is 0.0409. The molecular formula is C20H13F2N3O4. The first-order valence-corrected chi connectivity index (χ1v) is 8.19. The molecule has 0 fully saturated rings. The summed E-state index contributed by atoms with van der Waals surface area (Å²) in [5.41, 5.74) is 5.24. The maximum Gasteiger partial charge on any atom is 0.363 e. The normalized spacial score (nSPS) is 10.3. The van der Waals surface area contributed by atoms with Crippen LogP contribution in [0.4, 0.5) is 14.5 Å². The molecule has 0 aliphatic carbocycles. The van der Waals surface area contributed by atoms with E-state index in [-0.39, 0.29) is 22.4 Å². The molecule has 0 unspecified atom stereocenters. The molecule has 2 amide bonds. The summed E-state index contributed by atoms with van der Waals surface area (Å²) < 4.78 is 26.2. The summed E-state index contributed by atoms with van der Waals surface area (Å²) in [6, 6.07) is 12.1. The third kappa shape index (κ3) is 4.59. The molecule has 3 rings (SSSR count). The molecule has 0 radical (unpaired) electrons. The van der Waals surface area contributed by atoms with Crippen LogP contribution >= 0.6 is 0 Å². The quantitative estimate of drug-likeness (QED) is 0.539. The minimum absolute atomic E-state index is 0.0195. The number of halogens is 2. The van der Waals surface area contributed by atoms with Gasteiger partial charge in [0.1, 0.15) is 5.82 Å². The number of primary amides is 1. The molecule has 0 aliphatic rings. The summed E-state index contributed by atoms with van der Waals surface area (Å²) in [5, 5.41) is 0.618. The van der Waals surface area contributed by atoms with Crippen molar-refractivity contribution < 1.29 is 28.0 Å². The van der Waals surface area contributed by atoms with Crippen molar-refractivity contribution >= 4 is 23.5 Å². The smallest absolute Gasteiger partial charge is 0.363 e. The summed E-state index contributed by atoms with van der Waals surface area (Å²) in [6.07, 6.45) is 0.967. The van der Waals surface area contributed by atoms with E-state index in [1.165, 1.54) is 36.4 Å². The number of hydrogen-bond donors (Lipinski definition) is 1. The Labute approximate surface area is 163 Å². The summed E-state index contributed by atoms with van der Waals surface area (Å²) in [4.78, 5) is 45.4. The van der Waals surface area contributed by atoms with E-state index in [2.05, 4.69) is 4.98 Å². The van der Waals surface area contributed by atoms with Crippen molar-refractivity contribution in [3.05, 3.63) is 95.3 Å². The van der Waals surface area contributed by atoms with Crippen molar-refractivity contribution in [3.63, 3.8) is 0 Å². The zero-order valence-electron chi connectivity index (χ0n) is 14.7. The van der Waals surface area contributed by atoms with Crippen LogP contribution < -0.4 is 10.8 Å². The zero-order chi connectivity index (χ0) is 21.0.